The molecule has 1 unspecified atom stereocenters. The fourth-order valence-corrected chi connectivity index (χ4v) is 7.00. The Morgan fingerprint density at radius 3 is 2.76 bits per heavy atom. The van der Waals surface area contributed by atoms with Crippen molar-refractivity contribution in [3.8, 4) is 5.75 Å². The molecule has 10 heteroatoms. The van der Waals surface area contributed by atoms with Gasteiger partial charge in [-0.25, -0.2) is 0 Å². The molecule has 4 rings (SSSR count). The highest BCUT2D eigenvalue weighted by atomic mass is 28.4. The molecule has 2 aromatic rings. The van der Waals surface area contributed by atoms with Gasteiger partial charge in [-0.3, -0.25) is 9.48 Å². The predicted octanol–water partition coefficient (Wildman–Crippen LogP) is 2.29. The van der Waals surface area contributed by atoms with E-state index in [1.165, 1.54) is 0 Å². The van der Waals surface area contributed by atoms with Gasteiger partial charge in [-0.15, -0.1) is 5.10 Å². The topological polar surface area (TPSA) is 110 Å². The van der Waals surface area contributed by atoms with E-state index in [1.54, 1.807) is 16.7 Å². The quantitative estimate of drug-likeness (QED) is 0.424. The Labute approximate surface area is 195 Å². The van der Waals surface area contributed by atoms with E-state index in [0.29, 0.717) is 25.8 Å². The third kappa shape index (κ3) is 4.84. The van der Waals surface area contributed by atoms with Gasteiger partial charge in [-0.05, 0) is 37.7 Å². The number of aromatic nitrogens is 3. The summed E-state index contributed by atoms with van der Waals surface area (Å²) in [6.07, 6.45) is 3.19. The Hall–Kier alpha value is -2.27. The van der Waals surface area contributed by atoms with Crippen molar-refractivity contribution >= 4 is 19.9 Å². The molecule has 180 valence electrons. The standard InChI is InChI=1S/C23H34N4O5Si/c1-15-22(31-2)18-13-17(27-11-8-21(27)29)5-6-19(18)32-23(15)20(33(3,4)30)7-10-26-14-16(9-12-28)24-25-26/h5-6,13-15,20,22-23,28,30H,7-12H2,1-4H3/t15-,20?,22-,23-/m1/s1. The van der Waals surface area contributed by atoms with Crippen molar-refractivity contribution in [2.24, 2.45) is 5.92 Å². The van der Waals surface area contributed by atoms with Crippen molar-refractivity contribution in [1.29, 1.82) is 0 Å². The Morgan fingerprint density at radius 2 is 2.15 bits per heavy atom. The minimum absolute atomic E-state index is 0.00876. The van der Waals surface area contributed by atoms with Crippen LogP contribution >= 0.6 is 0 Å². The van der Waals surface area contributed by atoms with Crippen LogP contribution in [0.25, 0.3) is 0 Å². The van der Waals surface area contributed by atoms with E-state index in [4.69, 9.17) is 14.6 Å². The first-order valence-electron chi connectivity index (χ1n) is 11.6. The number of carbonyl (C=O) groups excluding carboxylic acids is 1. The van der Waals surface area contributed by atoms with Gasteiger partial charge in [0.25, 0.3) is 0 Å². The molecule has 0 saturated carbocycles. The fourth-order valence-electron chi connectivity index (χ4n) is 4.99. The third-order valence-electron chi connectivity index (χ3n) is 6.90. The Bertz CT molecular complexity index is 991. The number of ether oxygens (including phenoxy) is 2. The number of hydrogen-bond acceptors (Lipinski definition) is 7. The molecule has 1 saturated heterocycles. The fraction of sp³-hybridized carbons (Fsp3) is 0.609. The van der Waals surface area contributed by atoms with Crippen LogP contribution in [0, 0.1) is 5.92 Å². The molecule has 1 aromatic heterocycles. The molecule has 4 atom stereocenters. The van der Waals surface area contributed by atoms with Gasteiger partial charge in [0, 0.05) is 68.6 Å². The number of fused-ring (bicyclic) bond motifs is 1. The van der Waals surface area contributed by atoms with E-state index >= 15 is 0 Å². The minimum Gasteiger partial charge on any atom is -0.490 e. The Balaban J connectivity index is 1.57. The van der Waals surface area contributed by atoms with Crippen molar-refractivity contribution in [2.75, 3.05) is 25.2 Å². The summed E-state index contributed by atoms with van der Waals surface area (Å²) in [5.41, 5.74) is 2.52. The molecule has 1 amide bonds. The molecule has 33 heavy (non-hydrogen) atoms. The van der Waals surface area contributed by atoms with Gasteiger partial charge < -0.3 is 24.3 Å². The summed E-state index contributed by atoms with van der Waals surface area (Å²) in [5.74, 6) is 0.889. The summed E-state index contributed by atoms with van der Waals surface area (Å²) < 4.78 is 14.2. The van der Waals surface area contributed by atoms with Crippen LogP contribution in [0.3, 0.4) is 0 Å². The lowest BCUT2D eigenvalue weighted by Crippen LogP contribution is -2.48. The highest BCUT2D eigenvalue weighted by Gasteiger charge is 2.46. The molecule has 0 aliphatic carbocycles. The van der Waals surface area contributed by atoms with E-state index < -0.39 is 8.32 Å². The zero-order valence-corrected chi connectivity index (χ0v) is 20.8. The van der Waals surface area contributed by atoms with Crippen LogP contribution < -0.4 is 9.64 Å². The monoisotopic (exact) mass is 474 g/mol. The van der Waals surface area contributed by atoms with E-state index in [0.717, 1.165) is 29.2 Å². The lowest BCUT2D eigenvalue weighted by atomic mass is 9.86. The van der Waals surface area contributed by atoms with Gasteiger partial charge in [0.15, 0.2) is 8.32 Å². The van der Waals surface area contributed by atoms with Crippen LogP contribution in [-0.2, 0) is 22.5 Å². The summed E-state index contributed by atoms with van der Waals surface area (Å²) in [6.45, 7) is 7.38. The van der Waals surface area contributed by atoms with Crippen LogP contribution in [-0.4, -0.2) is 65.5 Å². The lowest BCUT2D eigenvalue weighted by Gasteiger charge is -2.44. The number of methoxy groups -OCH3 is 1. The van der Waals surface area contributed by atoms with E-state index in [1.807, 2.05) is 37.5 Å². The van der Waals surface area contributed by atoms with Crippen LogP contribution in [0.1, 0.15) is 37.1 Å². The molecular formula is C23H34N4O5Si. The lowest BCUT2D eigenvalue weighted by molar-refractivity contribution is -0.122. The Kier molecular flexibility index (Phi) is 6.90. The first-order chi connectivity index (χ1) is 15.7. The number of rotatable bonds is 9. The molecule has 1 aromatic carbocycles. The molecule has 0 radical (unpaired) electrons. The number of hydrogen-bond donors (Lipinski definition) is 2. The summed E-state index contributed by atoms with van der Waals surface area (Å²) in [4.78, 5) is 24.9. The second-order valence-electron chi connectivity index (χ2n) is 9.61. The van der Waals surface area contributed by atoms with Gasteiger partial charge in [-0.1, -0.05) is 12.1 Å². The number of aliphatic hydroxyl groups is 1. The van der Waals surface area contributed by atoms with Crippen molar-refractivity contribution in [3.05, 3.63) is 35.7 Å². The number of amides is 1. The van der Waals surface area contributed by atoms with Gasteiger partial charge in [0.05, 0.1) is 11.8 Å². The highest BCUT2D eigenvalue weighted by molar-refractivity contribution is 6.71. The normalized spacial score (nSPS) is 23.6. The molecule has 2 aliphatic heterocycles. The summed E-state index contributed by atoms with van der Waals surface area (Å²) in [5, 5.41) is 17.4. The average Bonchev–Trinajstić information content (AvgIpc) is 3.20. The maximum absolute atomic E-state index is 11.9. The van der Waals surface area contributed by atoms with Gasteiger partial charge >= 0.3 is 0 Å². The number of carbonyl (C=O) groups is 1. The maximum Gasteiger partial charge on any atom is 0.228 e. The maximum atomic E-state index is 11.9. The molecule has 0 spiro atoms. The van der Waals surface area contributed by atoms with Gasteiger partial charge in [0.1, 0.15) is 11.9 Å². The number of benzene rings is 1. The first-order valence-corrected chi connectivity index (χ1v) is 14.6. The van der Waals surface area contributed by atoms with Crippen LogP contribution in [0.15, 0.2) is 24.4 Å². The van der Waals surface area contributed by atoms with E-state index in [-0.39, 0.29) is 36.2 Å². The van der Waals surface area contributed by atoms with E-state index in [9.17, 15) is 9.59 Å². The first kappa shape index (κ1) is 23.9. The Morgan fingerprint density at radius 1 is 1.36 bits per heavy atom. The summed E-state index contributed by atoms with van der Waals surface area (Å²) in [6, 6.07) is 5.84. The minimum atomic E-state index is -2.61. The molecule has 2 aliphatic rings. The molecule has 2 N–H and O–H groups in total. The third-order valence-corrected chi connectivity index (χ3v) is 9.33. The number of aliphatic hydroxyl groups excluding tert-OH is 1. The molecule has 9 nitrogen and oxygen atoms in total. The molecule has 3 heterocycles. The van der Waals surface area contributed by atoms with Crippen molar-refractivity contribution in [3.63, 3.8) is 0 Å². The number of β-lactam (4-membered cyclic amide) rings is 1. The molecule has 0 bridgehead atoms. The summed E-state index contributed by atoms with van der Waals surface area (Å²) in [7, 11) is -0.913. The van der Waals surface area contributed by atoms with Crippen LogP contribution in [0.4, 0.5) is 5.69 Å². The largest absolute Gasteiger partial charge is 0.490 e. The smallest absolute Gasteiger partial charge is 0.228 e. The van der Waals surface area contributed by atoms with Gasteiger partial charge in [-0.2, -0.15) is 0 Å². The van der Waals surface area contributed by atoms with Crippen LogP contribution in [0.2, 0.25) is 18.6 Å². The molecular weight excluding hydrogens is 440 g/mol. The average molecular weight is 475 g/mol. The van der Waals surface area contributed by atoms with Crippen molar-refractivity contribution in [2.45, 2.75) is 63.6 Å². The van der Waals surface area contributed by atoms with Crippen molar-refractivity contribution in [1.82, 2.24) is 15.0 Å². The predicted molar refractivity (Wildman–Crippen MR) is 126 cm³/mol. The highest BCUT2D eigenvalue weighted by Crippen LogP contribution is 2.47. The number of anilines is 1. The van der Waals surface area contributed by atoms with E-state index in [2.05, 4.69) is 17.2 Å². The number of nitrogens with zero attached hydrogens (tertiary/aromatic N) is 4. The number of aryl methyl sites for hydroxylation is 1. The second-order valence-corrected chi connectivity index (χ2v) is 13.7. The SMILES string of the molecule is CO[C@H]1c2cc(N3CCC3=O)ccc2O[C@@H](C(CCn2cc(CCO)nn2)[Si](C)(C)O)[C@@H]1C. The van der Waals surface area contributed by atoms with Gasteiger partial charge in [0.2, 0.25) is 5.91 Å². The second kappa shape index (κ2) is 9.53. The summed E-state index contributed by atoms with van der Waals surface area (Å²) >= 11 is 0. The van der Waals surface area contributed by atoms with Crippen molar-refractivity contribution < 1.29 is 24.2 Å². The zero-order valence-electron chi connectivity index (χ0n) is 19.8. The molecule has 1 fully saturated rings. The zero-order chi connectivity index (χ0) is 23.8. The van der Waals surface area contributed by atoms with Crippen LogP contribution in [0.5, 0.6) is 5.75 Å².